The van der Waals surface area contributed by atoms with Crippen LogP contribution in [0, 0.1) is 0 Å². The van der Waals surface area contributed by atoms with Gasteiger partial charge in [0.1, 0.15) is 0 Å². The molecule has 1 fully saturated rings. The molecule has 3 rings (SSSR count). The lowest BCUT2D eigenvalue weighted by Crippen LogP contribution is -2.45. The third kappa shape index (κ3) is 2.68. The molecule has 112 valence electrons. The van der Waals surface area contributed by atoms with E-state index >= 15 is 0 Å². The summed E-state index contributed by atoms with van der Waals surface area (Å²) in [5, 5.41) is 1.72. The lowest BCUT2D eigenvalue weighted by Gasteiger charge is -2.36. The molecular weight excluding hydrogens is 306 g/mol. The summed E-state index contributed by atoms with van der Waals surface area (Å²) in [6.45, 7) is 0.373. The quantitative estimate of drug-likeness (QED) is 0.788. The van der Waals surface area contributed by atoms with Gasteiger partial charge in [0.2, 0.25) is 10.0 Å². The lowest BCUT2D eigenvalue weighted by molar-refractivity contribution is 0.227. The molecule has 1 aliphatic rings. The Kier molecular flexibility index (Phi) is 4.20. The third-order valence-corrected chi connectivity index (χ3v) is 6.30. The number of hydrogen-bond donors (Lipinski definition) is 0. The molecule has 0 amide bonds. The van der Waals surface area contributed by atoms with Crippen molar-refractivity contribution in [2.45, 2.75) is 30.2 Å². The summed E-state index contributed by atoms with van der Waals surface area (Å²) < 4.78 is 27.7. The molecule has 0 unspecified atom stereocenters. The van der Waals surface area contributed by atoms with Crippen LogP contribution in [0.1, 0.15) is 19.3 Å². The van der Waals surface area contributed by atoms with Crippen molar-refractivity contribution in [2.75, 3.05) is 12.4 Å². The van der Waals surface area contributed by atoms with Crippen molar-refractivity contribution >= 4 is 32.4 Å². The molecule has 3 nitrogen and oxygen atoms in total. The van der Waals surface area contributed by atoms with Crippen molar-refractivity contribution in [1.29, 1.82) is 0 Å². The predicted octanol–water partition coefficient (Wildman–Crippen LogP) is 3.62. The van der Waals surface area contributed by atoms with Crippen LogP contribution in [0.3, 0.4) is 0 Å². The van der Waals surface area contributed by atoms with Crippen LogP contribution in [0.15, 0.2) is 47.4 Å². The van der Waals surface area contributed by atoms with E-state index in [1.54, 1.807) is 16.4 Å². The smallest absolute Gasteiger partial charge is 0.207 e. The van der Waals surface area contributed by atoms with Crippen LogP contribution >= 0.6 is 11.6 Å². The van der Waals surface area contributed by atoms with Crippen molar-refractivity contribution in [3.05, 3.63) is 42.5 Å². The van der Waals surface area contributed by atoms with Crippen molar-refractivity contribution in [2.24, 2.45) is 0 Å². The minimum atomic E-state index is -3.50. The Labute approximate surface area is 130 Å². The fourth-order valence-electron chi connectivity index (χ4n) is 2.80. The molecule has 0 saturated heterocycles. The largest absolute Gasteiger partial charge is 0.243 e. The molecule has 1 aliphatic carbocycles. The van der Waals surface area contributed by atoms with Gasteiger partial charge in [-0.1, -0.05) is 42.8 Å². The molecule has 0 bridgehead atoms. The summed E-state index contributed by atoms with van der Waals surface area (Å²) in [6.07, 6.45) is 2.95. The number of rotatable bonds is 5. The van der Waals surface area contributed by atoms with Crippen LogP contribution < -0.4 is 0 Å². The zero-order chi connectivity index (χ0) is 14.9. The lowest BCUT2D eigenvalue weighted by atomic mass is 9.93. The standard InChI is InChI=1S/C16H18ClNO2S/c17-11-12-18(14-7-4-8-14)21(19,20)16-10-3-6-13-5-1-2-9-15(13)16/h1-3,5-6,9-10,14H,4,7-8,11-12H2. The fraction of sp³-hybridized carbons (Fsp3) is 0.375. The maximum Gasteiger partial charge on any atom is 0.243 e. The van der Waals surface area contributed by atoms with Gasteiger partial charge in [0.05, 0.1) is 4.90 Å². The molecule has 5 heteroatoms. The highest BCUT2D eigenvalue weighted by Crippen LogP contribution is 2.32. The normalized spacial score (nSPS) is 16.3. The van der Waals surface area contributed by atoms with E-state index in [4.69, 9.17) is 11.6 Å². The van der Waals surface area contributed by atoms with Gasteiger partial charge in [-0.15, -0.1) is 11.6 Å². The molecule has 2 aromatic rings. The Balaban J connectivity index is 2.10. The zero-order valence-corrected chi connectivity index (χ0v) is 13.3. The summed E-state index contributed by atoms with van der Waals surface area (Å²) in [5.74, 6) is 0.320. The maximum atomic E-state index is 13.0. The summed E-state index contributed by atoms with van der Waals surface area (Å²) in [4.78, 5) is 0.387. The van der Waals surface area contributed by atoms with Gasteiger partial charge in [0, 0.05) is 23.9 Å². The number of alkyl halides is 1. The van der Waals surface area contributed by atoms with Gasteiger partial charge in [0.15, 0.2) is 0 Å². The van der Waals surface area contributed by atoms with E-state index in [9.17, 15) is 8.42 Å². The second kappa shape index (κ2) is 5.95. The topological polar surface area (TPSA) is 37.4 Å². The van der Waals surface area contributed by atoms with Crippen LogP contribution in [-0.2, 0) is 10.0 Å². The van der Waals surface area contributed by atoms with Gasteiger partial charge in [0.25, 0.3) is 0 Å². The van der Waals surface area contributed by atoms with Crippen LogP contribution in [0.2, 0.25) is 0 Å². The van der Waals surface area contributed by atoms with Crippen molar-refractivity contribution in [1.82, 2.24) is 4.31 Å². The molecule has 0 N–H and O–H groups in total. The highest BCUT2D eigenvalue weighted by atomic mass is 35.5. The van der Waals surface area contributed by atoms with Gasteiger partial charge in [-0.05, 0) is 24.3 Å². The van der Waals surface area contributed by atoms with E-state index in [0.717, 1.165) is 30.0 Å². The molecule has 0 radical (unpaired) electrons. The fourth-order valence-corrected chi connectivity index (χ4v) is 4.99. The van der Waals surface area contributed by atoms with Crippen molar-refractivity contribution < 1.29 is 8.42 Å². The highest BCUT2D eigenvalue weighted by Gasteiger charge is 2.35. The summed E-state index contributed by atoms with van der Waals surface area (Å²) in [5.41, 5.74) is 0. The first kappa shape index (κ1) is 14.8. The Morgan fingerprint density at radius 3 is 2.48 bits per heavy atom. The van der Waals surface area contributed by atoms with Gasteiger partial charge in [-0.2, -0.15) is 4.31 Å². The average Bonchev–Trinajstić information content (AvgIpc) is 2.44. The van der Waals surface area contributed by atoms with Crippen molar-refractivity contribution in [3.8, 4) is 0 Å². The summed E-state index contributed by atoms with van der Waals surface area (Å²) >= 11 is 5.83. The summed E-state index contributed by atoms with van der Waals surface area (Å²) in [6, 6.07) is 13.1. The number of fused-ring (bicyclic) bond motifs is 1. The molecule has 1 saturated carbocycles. The van der Waals surface area contributed by atoms with Gasteiger partial charge >= 0.3 is 0 Å². The van der Waals surface area contributed by atoms with Crippen LogP contribution in [0.5, 0.6) is 0 Å². The SMILES string of the molecule is O=S(=O)(c1cccc2ccccc12)N(CCCl)C1CCC1. The van der Waals surface area contributed by atoms with E-state index in [1.165, 1.54) is 0 Å². The first-order valence-corrected chi connectivity index (χ1v) is 9.17. The minimum Gasteiger partial charge on any atom is -0.207 e. The molecular formula is C16H18ClNO2S. The molecule has 2 aromatic carbocycles. The number of benzene rings is 2. The molecule has 0 aliphatic heterocycles. The Bertz CT molecular complexity index is 736. The monoisotopic (exact) mass is 323 g/mol. The van der Waals surface area contributed by atoms with Crippen molar-refractivity contribution in [3.63, 3.8) is 0 Å². The number of nitrogens with zero attached hydrogens (tertiary/aromatic N) is 1. The highest BCUT2D eigenvalue weighted by molar-refractivity contribution is 7.89. The summed E-state index contributed by atoms with van der Waals surface area (Å²) in [7, 11) is -3.50. The number of hydrogen-bond acceptors (Lipinski definition) is 2. The number of sulfonamides is 1. The Morgan fingerprint density at radius 2 is 1.81 bits per heavy atom. The van der Waals surface area contributed by atoms with Gasteiger partial charge in [-0.3, -0.25) is 0 Å². The Hall–Kier alpha value is -1.10. The maximum absolute atomic E-state index is 13.0. The second-order valence-electron chi connectivity index (χ2n) is 5.37. The minimum absolute atomic E-state index is 0.104. The zero-order valence-electron chi connectivity index (χ0n) is 11.7. The molecule has 0 spiro atoms. The number of halogens is 1. The van der Waals surface area contributed by atoms with Crippen LogP contribution in [-0.4, -0.2) is 31.2 Å². The van der Waals surface area contributed by atoms with E-state index in [2.05, 4.69) is 0 Å². The van der Waals surface area contributed by atoms with Crippen LogP contribution in [0.4, 0.5) is 0 Å². The molecule has 21 heavy (non-hydrogen) atoms. The van der Waals surface area contributed by atoms with Crippen LogP contribution in [0.25, 0.3) is 10.8 Å². The van der Waals surface area contributed by atoms with E-state index in [0.29, 0.717) is 17.3 Å². The first-order valence-electron chi connectivity index (χ1n) is 7.20. The molecule has 0 atom stereocenters. The Morgan fingerprint density at radius 1 is 1.10 bits per heavy atom. The third-order valence-electron chi connectivity index (χ3n) is 4.12. The van der Waals surface area contributed by atoms with E-state index in [1.807, 2.05) is 30.3 Å². The first-order chi connectivity index (χ1) is 10.1. The van der Waals surface area contributed by atoms with Gasteiger partial charge < -0.3 is 0 Å². The average molecular weight is 324 g/mol. The van der Waals surface area contributed by atoms with E-state index in [-0.39, 0.29) is 6.04 Å². The van der Waals surface area contributed by atoms with E-state index < -0.39 is 10.0 Å². The van der Waals surface area contributed by atoms with Gasteiger partial charge in [-0.25, -0.2) is 8.42 Å². The molecule has 0 heterocycles. The second-order valence-corrected chi connectivity index (χ2v) is 7.60. The predicted molar refractivity (Wildman–Crippen MR) is 86.2 cm³/mol. The molecule has 0 aromatic heterocycles.